The molecule has 162 valence electrons. The summed E-state index contributed by atoms with van der Waals surface area (Å²) in [6.45, 7) is 0.257. The van der Waals surface area contributed by atoms with E-state index in [0.29, 0.717) is 16.9 Å². The predicted octanol–water partition coefficient (Wildman–Crippen LogP) is 3.77. The van der Waals surface area contributed by atoms with Crippen molar-refractivity contribution >= 4 is 23.5 Å². The minimum absolute atomic E-state index is 0.0199. The highest BCUT2D eigenvalue weighted by Gasteiger charge is 2.15. The summed E-state index contributed by atoms with van der Waals surface area (Å²) in [7, 11) is 0. The third kappa shape index (κ3) is 6.20. The number of benzene rings is 3. The lowest BCUT2D eigenvalue weighted by Crippen LogP contribution is -2.20. The van der Waals surface area contributed by atoms with Crippen LogP contribution < -0.4 is 10.2 Å². The van der Waals surface area contributed by atoms with Gasteiger partial charge in [0.25, 0.3) is 11.4 Å². The van der Waals surface area contributed by atoms with Crippen LogP contribution in [0.5, 0.6) is 5.75 Å². The van der Waals surface area contributed by atoms with Gasteiger partial charge in [0.1, 0.15) is 12.4 Å². The Kier molecular flexibility index (Phi) is 7.20. The number of amides is 1. The van der Waals surface area contributed by atoms with Gasteiger partial charge in [0.05, 0.1) is 22.5 Å². The molecule has 10 heteroatoms. The van der Waals surface area contributed by atoms with E-state index in [1.807, 2.05) is 0 Å². The zero-order valence-electron chi connectivity index (χ0n) is 16.7. The summed E-state index contributed by atoms with van der Waals surface area (Å²) in [6.07, 6.45) is 1.28. The van der Waals surface area contributed by atoms with Crippen molar-refractivity contribution in [1.82, 2.24) is 5.43 Å². The smallest absolute Gasteiger partial charge is 0.273 e. The van der Waals surface area contributed by atoms with Crippen LogP contribution in [0.2, 0.25) is 0 Å². The van der Waals surface area contributed by atoms with E-state index in [1.165, 1.54) is 36.5 Å². The molecule has 3 aromatic carbocycles. The minimum Gasteiger partial charge on any atom is -0.489 e. The lowest BCUT2D eigenvalue weighted by atomic mass is 10.1. The van der Waals surface area contributed by atoms with Crippen molar-refractivity contribution in [1.29, 1.82) is 0 Å². The highest BCUT2D eigenvalue weighted by Crippen LogP contribution is 2.18. The molecule has 0 fully saturated rings. The average Bonchev–Trinajstić information content (AvgIpc) is 2.79. The van der Waals surface area contributed by atoms with Gasteiger partial charge in [-0.3, -0.25) is 25.0 Å². The molecule has 0 aliphatic heterocycles. The number of nitro groups is 2. The summed E-state index contributed by atoms with van der Waals surface area (Å²) >= 11 is 0. The molecule has 1 amide bonds. The maximum absolute atomic E-state index is 12.0. The number of rotatable bonds is 9. The van der Waals surface area contributed by atoms with Gasteiger partial charge in [-0.15, -0.1) is 0 Å². The fraction of sp³-hybridized carbons (Fsp3) is 0.0909. The number of hydrogen-bond donors (Lipinski definition) is 1. The molecule has 0 saturated heterocycles. The van der Waals surface area contributed by atoms with E-state index in [1.54, 1.807) is 42.5 Å². The first-order valence-corrected chi connectivity index (χ1v) is 9.43. The van der Waals surface area contributed by atoms with E-state index in [0.717, 1.165) is 5.56 Å². The number of hydrazone groups is 1. The molecule has 1 N–H and O–H groups in total. The van der Waals surface area contributed by atoms with Crippen LogP contribution in [0, 0.1) is 20.2 Å². The maximum Gasteiger partial charge on any atom is 0.273 e. The summed E-state index contributed by atoms with van der Waals surface area (Å²) in [4.78, 5) is 32.7. The van der Waals surface area contributed by atoms with Gasteiger partial charge in [0.15, 0.2) is 0 Å². The first-order valence-electron chi connectivity index (χ1n) is 9.43. The molecule has 0 saturated carbocycles. The van der Waals surface area contributed by atoms with Gasteiger partial charge >= 0.3 is 0 Å². The second-order valence-electron chi connectivity index (χ2n) is 6.64. The van der Waals surface area contributed by atoms with Crippen molar-refractivity contribution in [2.24, 2.45) is 5.10 Å². The summed E-state index contributed by atoms with van der Waals surface area (Å²) in [6, 6.07) is 19.1. The SMILES string of the molecule is O=C(Cc1ccccc1[N+](=O)[O-])N/N=C/c1ccc(OCc2ccc([N+](=O)[O-])cc2)cc1. The Hall–Kier alpha value is -4.60. The van der Waals surface area contributed by atoms with Crippen LogP contribution in [0.15, 0.2) is 77.9 Å². The van der Waals surface area contributed by atoms with Crippen LogP contribution >= 0.6 is 0 Å². The predicted molar refractivity (Wildman–Crippen MR) is 116 cm³/mol. The van der Waals surface area contributed by atoms with Crippen molar-refractivity contribution in [2.45, 2.75) is 13.0 Å². The summed E-state index contributed by atoms with van der Waals surface area (Å²) in [5.74, 6) is 0.125. The zero-order valence-corrected chi connectivity index (χ0v) is 16.7. The number of nitro benzene ring substituents is 2. The third-order valence-electron chi connectivity index (χ3n) is 4.37. The molecule has 0 bridgehead atoms. The number of para-hydroxylation sites is 1. The Morgan fingerprint density at radius 3 is 2.28 bits per heavy atom. The molecule has 0 heterocycles. The quantitative estimate of drug-likeness (QED) is 0.309. The van der Waals surface area contributed by atoms with Crippen LogP contribution in [0.3, 0.4) is 0 Å². The monoisotopic (exact) mass is 434 g/mol. The van der Waals surface area contributed by atoms with E-state index in [4.69, 9.17) is 4.74 Å². The largest absolute Gasteiger partial charge is 0.489 e. The van der Waals surface area contributed by atoms with Crippen molar-refractivity contribution in [3.8, 4) is 5.75 Å². The molecule has 0 atom stereocenters. The number of nitrogens with one attached hydrogen (secondary N) is 1. The first kappa shape index (κ1) is 22.1. The van der Waals surface area contributed by atoms with E-state index >= 15 is 0 Å². The van der Waals surface area contributed by atoms with Crippen molar-refractivity contribution in [3.63, 3.8) is 0 Å². The topological polar surface area (TPSA) is 137 Å². The molecule has 10 nitrogen and oxygen atoms in total. The number of nitrogens with zero attached hydrogens (tertiary/aromatic N) is 3. The average molecular weight is 434 g/mol. The number of carbonyl (C=O) groups excluding carboxylic acids is 1. The summed E-state index contributed by atoms with van der Waals surface area (Å²) in [5, 5.41) is 25.5. The Labute approximate surface area is 182 Å². The fourth-order valence-corrected chi connectivity index (χ4v) is 2.76. The highest BCUT2D eigenvalue weighted by molar-refractivity contribution is 5.83. The van der Waals surface area contributed by atoms with E-state index < -0.39 is 15.8 Å². The molecular weight excluding hydrogens is 416 g/mol. The Morgan fingerprint density at radius 1 is 0.938 bits per heavy atom. The van der Waals surface area contributed by atoms with Crippen molar-refractivity contribution < 1.29 is 19.4 Å². The number of ether oxygens (including phenoxy) is 1. The van der Waals surface area contributed by atoms with Gasteiger partial charge in [0, 0.05) is 23.8 Å². The van der Waals surface area contributed by atoms with Gasteiger partial charge in [-0.2, -0.15) is 5.10 Å². The fourth-order valence-electron chi connectivity index (χ4n) is 2.76. The molecule has 0 spiro atoms. The van der Waals surface area contributed by atoms with Gasteiger partial charge in [-0.25, -0.2) is 5.43 Å². The number of carbonyl (C=O) groups is 1. The van der Waals surface area contributed by atoms with Crippen molar-refractivity contribution in [3.05, 3.63) is 110 Å². The third-order valence-corrected chi connectivity index (χ3v) is 4.37. The Bertz CT molecular complexity index is 1140. The zero-order chi connectivity index (χ0) is 22.9. The lowest BCUT2D eigenvalue weighted by Gasteiger charge is -2.06. The lowest BCUT2D eigenvalue weighted by molar-refractivity contribution is -0.385. The molecule has 0 aromatic heterocycles. The second-order valence-corrected chi connectivity index (χ2v) is 6.64. The van der Waals surface area contributed by atoms with Gasteiger partial charge < -0.3 is 4.74 Å². The van der Waals surface area contributed by atoms with Gasteiger partial charge in [0.2, 0.25) is 5.91 Å². The van der Waals surface area contributed by atoms with Crippen LogP contribution in [-0.4, -0.2) is 22.0 Å². The Balaban J connectivity index is 1.49. The van der Waals surface area contributed by atoms with Gasteiger partial charge in [-0.1, -0.05) is 18.2 Å². The molecule has 0 radical (unpaired) electrons. The highest BCUT2D eigenvalue weighted by atomic mass is 16.6. The van der Waals surface area contributed by atoms with E-state index in [9.17, 15) is 25.0 Å². The minimum atomic E-state index is -0.531. The number of hydrogen-bond acceptors (Lipinski definition) is 7. The van der Waals surface area contributed by atoms with E-state index in [-0.39, 0.29) is 24.4 Å². The Morgan fingerprint density at radius 2 is 1.62 bits per heavy atom. The number of non-ortho nitro benzene ring substituents is 1. The standard InChI is InChI=1S/C22H18N4O6/c27-22(13-18-3-1-2-4-21(18)26(30)31)24-23-14-16-7-11-20(12-8-16)32-15-17-5-9-19(10-6-17)25(28)29/h1-12,14H,13,15H2,(H,24,27)/b23-14+. The van der Waals surface area contributed by atoms with E-state index in [2.05, 4.69) is 10.5 Å². The molecule has 3 aromatic rings. The molecule has 0 unspecified atom stereocenters. The van der Waals surface area contributed by atoms with Gasteiger partial charge in [-0.05, 0) is 47.5 Å². The molecular formula is C22H18N4O6. The second kappa shape index (κ2) is 10.4. The molecule has 0 aliphatic carbocycles. The van der Waals surface area contributed by atoms with Crippen LogP contribution in [0.1, 0.15) is 16.7 Å². The van der Waals surface area contributed by atoms with Crippen molar-refractivity contribution in [2.75, 3.05) is 0 Å². The normalized spacial score (nSPS) is 10.6. The molecule has 3 rings (SSSR count). The summed E-state index contributed by atoms with van der Waals surface area (Å²) < 4.78 is 5.65. The van der Waals surface area contributed by atoms with Crippen LogP contribution in [-0.2, 0) is 17.8 Å². The molecule has 32 heavy (non-hydrogen) atoms. The molecule has 0 aliphatic rings. The summed E-state index contributed by atoms with van der Waals surface area (Å²) in [5.41, 5.74) is 4.06. The van der Waals surface area contributed by atoms with Crippen LogP contribution in [0.4, 0.5) is 11.4 Å². The maximum atomic E-state index is 12.0. The van der Waals surface area contributed by atoms with Crippen LogP contribution in [0.25, 0.3) is 0 Å². The first-order chi connectivity index (χ1) is 15.4.